The highest BCUT2D eigenvalue weighted by atomic mass is 32.2. The minimum Gasteiger partial charge on any atom is -0.321 e. The summed E-state index contributed by atoms with van der Waals surface area (Å²) in [6.45, 7) is 1.44. The standard InChI is InChI=1S/C34H26FN3O5S/c1-21(39)23-13-15-27(16-14-23)38-31(40)20-30(34(38)43)44-28-12-6-11-26(19-28)36-33(42)29(18-22-7-5-10-25(35)17-22)37-32(41)24-8-3-2-4-9-24/h2-19,30H,20H2,1H3,(H,36,42)(H,37,41)/b29-18-/t30-/m0/s1. The van der Waals surface area contributed by atoms with E-state index in [1.807, 2.05) is 0 Å². The molecule has 1 atom stereocenters. The van der Waals surface area contributed by atoms with Crippen LogP contribution in [0.25, 0.3) is 6.08 Å². The van der Waals surface area contributed by atoms with Gasteiger partial charge in [0.2, 0.25) is 11.8 Å². The first-order valence-corrected chi connectivity index (χ1v) is 14.5. The van der Waals surface area contributed by atoms with Crippen molar-refractivity contribution in [1.82, 2.24) is 5.32 Å². The lowest BCUT2D eigenvalue weighted by atomic mass is 10.1. The van der Waals surface area contributed by atoms with Crippen LogP contribution in [-0.2, 0) is 14.4 Å². The Hall–Kier alpha value is -5.35. The summed E-state index contributed by atoms with van der Waals surface area (Å²) in [6, 6.07) is 27.0. The highest BCUT2D eigenvalue weighted by Crippen LogP contribution is 2.35. The molecule has 0 radical (unpaired) electrons. The summed E-state index contributed by atoms with van der Waals surface area (Å²) < 4.78 is 13.8. The number of amides is 4. The van der Waals surface area contributed by atoms with Crippen LogP contribution in [0.4, 0.5) is 15.8 Å². The van der Waals surface area contributed by atoms with Crippen molar-refractivity contribution in [2.45, 2.75) is 23.5 Å². The topological polar surface area (TPSA) is 113 Å². The molecule has 0 aromatic heterocycles. The monoisotopic (exact) mass is 607 g/mol. The third-order valence-corrected chi connectivity index (χ3v) is 7.87. The second kappa shape index (κ2) is 13.3. The minimum absolute atomic E-state index is 0.0133. The number of hydrogen-bond acceptors (Lipinski definition) is 6. The number of Topliss-reactive ketones (excluding diaryl/α,β-unsaturated/α-hetero) is 1. The Balaban J connectivity index is 1.31. The first kappa shape index (κ1) is 30.1. The number of benzene rings is 4. The van der Waals surface area contributed by atoms with E-state index in [1.54, 1.807) is 84.9 Å². The van der Waals surface area contributed by atoms with Gasteiger partial charge in [0.15, 0.2) is 5.78 Å². The van der Waals surface area contributed by atoms with Crippen molar-refractivity contribution in [3.63, 3.8) is 0 Å². The van der Waals surface area contributed by atoms with Gasteiger partial charge in [-0.25, -0.2) is 9.29 Å². The van der Waals surface area contributed by atoms with Crippen molar-refractivity contribution in [3.8, 4) is 0 Å². The van der Waals surface area contributed by atoms with Crippen LogP contribution in [0, 0.1) is 5.82 Å². The van der Waals surface area contributed by atoms with Gasteiger partial charge in [-0.2, -0.15) is 0 Å². The van der Waals surface area contributed by atoms with Crippen molar-refractivity contribution in [1.29, 1.82) is 0 Å². The average Bonchev–Trinajstić information content (AvgIpc) is 3.29. The van der Waals surface area contributed by atoms with E-state index in [-0.39, 0.29) is 29.7 Å². The number of nitrogens with zero attached hydrogens (tertiary/aromatic N) is 1. The van der Waals surface area contributed by atoms with E-state index in [0.717, 1.165) is 4.90 Å². The molecule has 0 aliphatic carbocycles. The summed E-state index contributed by atoms with van der Waals surface area (Å²) in [5, 5.41) is 4.67. The van der Waals surface area contributed by atoms with Crippen LogP contribution in [0.15, 0.2) is 114 Å². The summed E-state index contributed by atoms with van der Waals surface area (Å²) in [5.74, 6) is -2.51. The first-order valence-electron chi connectivity index (χ1n) is 13.6. The zero-order valence-electron chi connectivity index (χ0n) is 23.5. The highest BCUT2D eigenvalue weighted by molar-refractivity contribution is 8.00. The van der Waals surface area contributed by atoms with Crippen molar-refractivity contribution in [2.24, 2.45) is 0 Å². The second-order valence-electron chi connectivity index (χ2n) is 9.90. The number of ketones is 1. The predicted octanol–water partition coefficient (Wildman–Crippen LogP) is 5.86. The Morgan fingerprint density at radius 2 is 1.59 bits per heavy atom. The van der Waals surface area contributed by atoms with Crippen LogP contribution in [0.1, 0.15) is 39.6 Å². The van der Waals surface area contributed by atoms with E-state index in [2.05, 4.69) is 10.6 Å². The molecule has 4 aromatic carbocycles. The van der Waals surface area contributed by atoms with E-state index in [9.17, 15) is 28.4 Å². The molecule has 4 amide bonds. The molecule has 1 heterocycles. The summed E-state index contributed by atoms with van der Waals surface area (Å²) in [5.41, 5.74) is 1.86. The maximum atomic E-state index is 13.8. The molecule has 0 spiro atoms. The lowest BCUT2D eigenvalue weighted by Crippen LogP contribution is -2.31. The SMILES string of the molecule is CC(=O)c1ccc(N2C(=O)C[C@H](Sc3cccc(NC(=O)/C(=C/c4cccc(F)c4)NC(=O)c4ccccc4)c3)C2=O)cc1. The molecule has 44 heavy (non-hydrogen) atoms. The normalized spacial score (nSPS) is 14.8. The number of imide groups is 1. The Morgan fingerprint density at radius 3 is 2.30 bits per heavy atom. The van der Waals surface area contributed by atoms with Crippen molar-refractivity contribution >= 4 is 58.6 Å². The fourth-order valence-electron chi connectivity index (χ4n) is 4.53. The van der Waals surface area contributed by atoms with E-state index < -0.39 is 22.9 Å². The lowest BCUT2D eigenvalue weighted by Gasteiger charge is -2.15. The molecule has 1 fully saturated rings. The average molecular weight is 608 g/mol. The Labute approximate surface area is 257 Å². The molecule has 0 saturated carbocycles. The predicted molar refractivity (Wildman–Crippen MR) is 167 cm³/mol. The molecule has 4 aromatic rings. The summed E-state index contributed by atoms with van der Waals surface area (Å²) >= 11 is 1.19. The van der Waals surface area contributed by atoms with Gasteiger partial charge in [-0.1, -0.05) is 36.4 Å². The van der Waals surface area contributed by atoms with Crippen molar-refractivity contribution in [2.75, 3.05) is 10.2 Å². The van der Waals surface area contributed by atoms with Crippen molar-refractivity contribution < 1.29 is 28.4 Å². The molecule has 10 heteroatoms. The number of nitrogens with one attached hydrogen (secondary N) is 2. The third-order valence-electron chi connectivity index (χ3n) is 6.70. The number of hydrogen-bond donors (Lipinski definition) is 2. The van der Waals surface area contributed by atoms with E-state index >= 15 is 0 Å². The van der Waals surface area contributed by atoms with Gasteiger partial charge in [-0.05, 0) is 85.3 Å². The number of anilines is 2. The zero-order chi connectivity index (χ0) is 31.2. The Kier molecular flexibility index (Phi) is 9.11. The third kappa shape index (κ3) is 7.16. The van der Waals surface area contributed by atoms with Gasteiger partial charge in [0.25, 0.3) is 11.8 Å². The maximum absolute atomic E-state index is 13.8. The molecular weight excluding hydrogens is 581 g/mol. The number of thioether (sulfide) groups is 1. The Bertz CT molecular complexity index is 1790. The van der Waals surface area contributed by atoms with Crippen LogP contribution >= 0.6 is 11.8 Å². The first-order chi connectivity index (χ1) is 21.2. The molecule has 1 aliphatic rings. The molecule has 5 rings (SSSR count). The molecule has 1 saturated heterocycles. The molecule has 0 unspecified atom stereocenters. The fourth-order valence-corrected chi connectivity index (χ4v) is 5.64. The van der Waals surface area contributed by atoms with Crippen molar-refractivity contribution in [3.05, 3.63) is 131 Å². The van der Waals surface area contributed by atoms with Crippen LogP contribution in [-0.4, -0.2) is 34.7 Å². The van der Waals surface area contributed by atoms with Gasteiger partial charge in [0.05, 0.1) is 10.9 Å². The van der Waals surface area contributed by atoms with E-state index in [1.165, 1.54) is 43.0 Å². The van der Waals surface area contributed by atoms with Gasteiger partial charge in [0, 0.05) is 28.1 Å². The molecule has 8 nitrogen and oxygen atoms in total. The number of carbonyl (C=O) groups excluding carboxylic acids is 5. The molecular formula is C34H26FN3O5S. The summed E-state index contributed by atoms with van der Waals surface area (Å²) in [7, 11) is 0. The van der Waals surface area contributed by atoms with E-state index in [0.29, 0.717) is 33.0 Å². The second-order valence-corrected chi connectivity index (χ2v) is 11.2. The number of rotatable bonds is 9. The highest BCUT2D eigenvalue weighted by Gasteiger charge is 2.40. The van der Waals surface area contributed by atoms with E-state index in [4.69, 9.17) is 0 Å². The van der Waals surface area contributed by atoms with Crippen LogP contribution in [0.2, 0.25) is 0 Å². The van der Waals surface area contributed by atoms with Gasteiger partial charge >= 0.3 is 0 Å². The summed E-state index contributed by atoms with van der Waals surface area (Å²) in [6.07, 6.45) is 1.36. The number of halogens is 1. The van der Waals surface area contributed by atoms with Crippen LogP contribution < -0.4 is 15.5 Å². The quantitative estimate of drug-likeness (QED) is 0.140. The minimum atomic E-state index is -0.686. The number of carbonyl (C=O) groups is 5. The van der Waals surface area contributed by atoms with Gasteiger partial charge in [0.1, 0.15) is 11.5 Å². The largest absolute Gasteiger partial charge is 0.321 e. The smallest absolute Gasteiger partial charge is 0.272 e. The maximum Gasteiger partial charge on any atom is 0.272 e. The van der Waals surface area contributed by atoms with Crippen LogP contribution in [0.5, 0.6) is 0 Å². The zero-order valence-corrected chi connectivity index (χ0v) is 24.3. The Morgan fingerprint density at radius 1 is 0.864 bits per heavy atom. The summed E-state index contributed by atoms with van der Waals surface area (Å²) in [4.78, 5) is 65.5. The van der Waals surface area contributed by atoms with Gasteiger partial charge in [-0.15, -0.1) is 11.8 Å². The van der Waals surface area contributed by atoms with Gasteiger partial charge < -0.3 is 10.6 Å². The fraction of sp³-hybridized carbons (Fsp3) is 0.0882. The molecule has 0 bridgehead atoms. The lowest BCUT2D eigenvalue weighted by molar-refractivity contribution is -0.121. The van der Waals surface area contributed by atoms with Crippen LogP contribution in [0.3, 0.4) is 0 Å². The molecule has 2 N–H and O–H groups in total. The molecule has 220 valence electrons. The molecule has 1 aliphatic heterocycles. The van der Waals surface area contributed by atoms with Gasteiger partial charge in [-0.3, -0.25) is 24.0 Å².